The molecule has 0 atom stereocenters. The molecule has 1 rings (SSSR count). The third-order valence-electron chi connectivity index (χ3n) is 1.66. The van der Waals surface area contributed by atoms with E-state index < -0.39 is 0 Å². The molecule has 4 heteroatoms. The first-order chi connectivity index (χ1) is 6.92. The summed E-state index contributed by atoms with van der Waals surface area (Å²) >= 11 is 1.74. The summed E-state index contributed by atoms with van der Waals surface area (Å²) in [6, 6.07) is 1.96. The van der Waals surface area contributed by atoms with Crippen molar-refractivity contribution in [1.82, 2.24) is 4.98 Å². The van der Waals surface area contributed by atoms with Crippen LogP contribution in [0.3, 0.4) is 0 Å². The smallest absolute Gasteiger partial charge is 0.0994 e. The van der Waals surface area contributed by atoms with Gasteiger partial charge in [0.25, 0.3) is 0 Å². The van der Waals surface area contributed by atoms with Gasteiger partial charge in [0.2, 0.25) is 0 Å². The van der Waals surface area contributed by atoms with Gasteiger partial charge in [-0.1, -0.05) is 25.9 Å². The highest BCUT2D eigenvalue weighted by atomic mass is 32.2. The molecule has 0 unspecified atom stereocenters. The molecule has 1 aromatic rings. The Morgan fingerprint density at radius 2 is 2.13 bits per heavy atom. The van der Waals surface area contributed by atoms with E-state index in [0.29, 0.717) is 0 Å². The summed E-state index contributed by atoms with van der Waals surface area (Å²) in [4.78, 5) is 4.34. The van der Waals surface area contributed by atoms with Gasteiger partial charge >= 0.3 is 0 Å². The van der Waals surface area contributed by atoms with Crippen molar-refractivity contribution >= 4 is 18.0 Å². The fraction of sp³-hybridized carbons (Fsp3) is 0.455. The SMILES string of the molecule is Cc1cc(/C=N/O)cnc1SC(C)(C)C. The van der Waals surface area contributed by atoms with Crippen molar-refractivity contribution in [2.45, 2.75) is 37.5 Å². The standard InChI is InChI=1S/C11H16N2OS/c1-8-5-9(7-13-14)6-12-10(8)15-11(2,3)4/h5-7,14H,1-4H3/b13-7+. The molecule has 82 valence electrons. The molecule has 0 fully saturated rings. The molecule has 0 amide bonds. The second kappa shape index (κ2) is 4.66. The first kappa shape index (κ1) is 12.0. The van der Waals surface area contributed by atoms with Crippen LogP contribution in [0.5, 0.6) is 0 Å². The topological polar surface area (TPSA) is 45.5 Å². The summed E-state index contributed by atoms with van der Waals surface area (Å²) in [7, 11) is 0. The molecule has 1 N–H and O–H groups in total. The second-order valence-corrected chi connectivity index (χ2v) is 6.17. The highest BCUT2D eigenvalue weighted by Crippen LogP contribution is 2.32. The first-order valence-corrected chi connectivity index (χ1v) is 5.57. The number of pyridine rings is 1. The van der Waals surface area contributed by atoms with Crippen molar-refractivity contribution in [2.75, 3.05) is 0 Å². The van der Waals surface area contributed by atoms with Gasteiger partial charge in [0.05, 0.1) is 11.2 Å². The van der Waals surface area contributed by atoms with Gasteiger partial charge in [0, 0.05) is 16.5 Å². The average molecular weight is 224 g/mol. The van der Waals surface area contributed by atoms with Gasteiger partial charge in [0.1, 0.15) is 0 Å². The molecule has 1 heterocycles. The average Bonchev–Trinajstić information content (AvgIpc) is 2.08. The minimum absolute atomic E-state index is 0.157. The maximum atomic E-state index is 8.40. The van der Waals surface area contributed by atoms with E-state index in [2.05, 4.69) is 30.9 Å². The highest BCUT2D eigenvalue weighted by molar-refractivity contribution is 8.00. The molecule has 15 heavy (non-hydrogen) atoms. The minimum Gasteiger partial charge on any atom is -0.411 e. The highest BCUT2D eigenvalue weighted by Gasteiger charge is 2.14. The summed E-state index contributed by atoms with van der Waals surface area (Å²) in [6.45, 7) is 8.47. The normalized spacial score (nSPS) is 12.3. The van der Waals surface area contributed by atoms with Crippen LogP contribution in [-0.2, 0) is 0 Å². The number of rotatable bonds is 2. The third kappa shape index (κ3) is 3.91. The lowest BCUT2D eigenvalue weighted by Crippen LogP contribution is -2.08. The fourth-order valence-corrected chi connectivity index (χ4v) is 2.02. The Labute approximate surface area is 94.6 Å². The number of aryl methyl sites for hydroxylation is 1. The first-order valence-electron chi connectivity index (χ1n) is 4.75. The Morgan fingerprint density at radius 3 is 2.60 bits per heavy atom. The Kier molecular flexibility index (Phi) is 3.74. The predicted molar refractivity (Wildman–Crippen MR) is 64.0 cm³/mol. The van der Waals surface area contributed by atoms with Gasteiger partial charge in [-0.2, -0.15) is 0 Å². The maximum absolute atomic E-state index is 8.40. The number of thioether (sulfide) groups is 1. The van der Waals surface area contributed by atoms with Crippen LogP contribution in [0.2, 0.25) is 0 Å². The molecule has 0 saturated heterocycles. The zero-order valence-electron chi connectivity index (χ0n) is 9.48. The molecule has 3 nitrogen and oxygen atoms in total. The maximum Gasteiger partial charge on any atom is 0.0994 e. The molecule has 0 aromatic carbocycles. The van der Waals surface area contributed by atoms with Crippen LogP contribution < -0.4 is 0 Å². The number of hydrogen-bond donors (Lipinski definition) is 1. The molecule has 0 bridgehead atoms. The van der Waals surface area contributed by atoms with E-state index in [4.69, 9.17) is 5.21 Å². The summed E-state index contributed by atoms with van der Waals surface area (Å²) in [5.41, 5.74) is 1.92. The van der Waals surface area contributed by atoms with Crippen molar-refractivity contribution in [3.8, 4) is 0 Å². The number of nitrogens with zero attached hydrogens (tertiary/aromatic N) is 2. The Hall–Kier alpha value is -1.03. The quantitative estimate of drug-likeness (QED) is 0.363. The van der Waals surface area contributed by atoms with Crippen LogP contribution in [0.25, 0.3) is 0 Å². The third-order valence-corrected chi connectivity index (χ3v) is 2.89. The van der Waals surface area contributed by atoms with Crippen LogP contribution in [0, 0.1) is 6.92 Å². The van der Waals surface area contributed by atoms with E-state index >= 15 is 0 Å². The lowest BCUT2D eigenvalue weighted by atomic mass is 10.2. The number of oxime groups is 1. The van der Waals surface area contributed by atoms with Gasteiger partial charge in [-0.3, -0.25) is 0 Å². The van der Waals surface area contributed by atoms with E-state index in [-0.39, 0.29) is 4.75 Å². The van der Waals surface area contributed by atoms with E-state index in [1.165, 1.54) is 6.21 Å². The zero-order valence-corrected chi connectivity index (χ0v) is 10.3. The lowest BCUT2D eigenvalue weighted by molar-refractivity contribution is 0.322. The van der Waals surface area contributed by atoms with Crippen LogP contribution in [0.4, 0.5) is 0 Å². The van der Waals surface area contributed by atoms with Crippen LogP contribution in [0.1, 0.15) is 31.9 Å². The predicted octanol–water partition coefficient (Wildman–Crippen LogP) is 3.09. The molecule has 1 aromatic heterocycles. The minimum atomic E-state index is 0.157. The van der Waals surface area contributed by atoms with E-state index in [9.17, 15) is 0 Å². The Balaban J connectivity index is 2.93. The lowest BCUT2D eigenvalue weighted by Gasteiger charge is -2.18. The molecule has 0 radical (unpaired) electrons. The van der Waals surface area contributed by atoms with Crippen LogP contribution >= 0.6 is 11.8 Å². The molecule has 0 spiro atoms. The van der Waals surface area contributed by atoms with E-state index in [1.807, 2.05) is 13.0 Å². The zero-order chi connectivity index (χ0) is 11.5. The molecule has 0 saturated carbocycles. The van der Waals surface area contributed by atoms with E-state index in [1.54, 1.807) is 18.0 Å². The second-order valence-electron chi connectivity index (χ2n) is 4.35. The van der Waals surface area contributed by atoms with Gasteiger partial charge in [0.15, 0.2) is 0 Å². The van der Waals surface area contributed by atoms with Gasteiger partial charge < -0.3 is 5.21 Å². The largest absolute Gasteiger partial charge is 0.411 e. The molecule has 0 aliphatic rings. The van der Waals surface area contributed by atoms with Gasteiger partial charge in [-0.15, -0.1) is 11.8 Å². The molecule has 0 aliphatic heterocycles. The monoisotopic (exact) mass is 224 g/mol. The van der Waals surface area contributed by atoms with Crippen molar-refractivity contribution in [3.05, 3.63) is 23.4 Å². The van der Waals surface area contributed by atoms with Gasteiger partial charge in [-0.05, 0) is 18.6 Å². The summed E-state index contributed by atoms with van der Waals surface area (Å²) in [5, 5.41) is 12.4. The van der Waals surface area contributed by atoms with Crippen molar-refractivity contribution in [1.29, 1.82) is 0 Å². The Bertz CT molecular complexity index is 369. The van der Waals surface area contributed by atoms with Crippen molar-refractivity contribution in [2.24, 2.45) is 5.16 Å². The Morgan fingerprint density at radius 1 is 1.47 bits per heavy atom. The summed E-state index contributed by atoms with van der Waals surface area (Å²) in [5.74, 6) is 0. The molecule has 0 aliphatic carbocycles. The molecular formula is C11H16N2OS. The van der Waals surface area contributed by atoms with Crippen LogP contribution in [0.15, 0.2) is 22.4 Å². The number of hydrogen-bond acceptors (Lipinski definition) is 4. The summed E-state index contributed by atoms with van der Waals surface area (Å²) in [6.07, 6.45) is 3.09. The van der Waals surface area contributed by atoms with E-state index in [0.717, 1.165) is 16.2 Å². The number of aromatic nitrogens is 1. The van der Waals surface area contributed by atoms with Crippen molar-refractivity contribution < 1.29 is 5.21 Å². The van der Waals surface area contributed by atoms with Crippen LogP contribution in [-0.4, -0.2) is 21.2 Å². The van der Waals surface area contributed by atoms with Crippen molar-refractivity contribution in [3.63, 3.8) is 0 Å². The van der Waals surface area contributed by atoms with Gasteiger partial charge in [-0.25, -0.2) is 4.98 Å². The molecular weight excluding hydrogens is 208 g/mol. The summed E-state index contributed by atoms with van der Waals surface area (Å²) < 4.78 is 0.157. The fourth-order valence-electron chi connectivity index (χ4n) is 1.12.